The Bertz CT molecular complexity index is 454. The molecular weight excluding hydrogens is 274 g/mol. The second-order valence-corrected chi connectivity index (χ2v) is 3.77. The highest BCUT2D eigenvalue weighted by Gasteiger charge is 2.08. The molecule has 14 heavy (non-hydrogen) atoms. The highest BCUT2D eigenvalue weighted by atomic mass is 79.9. The largest absolute Gasteiger partial charge is 0.321 e. The van der Waals surface area contributed by atoms with Gasteiger partial charge in [-0.05, 0) is 29.8 Å². The van der Waals surface area contributed by atoms with Gasteiger partial charge in [-0.3, -0.25) is 0 Å². The molecule has 2 rings (SSSR count). The van der Waals surface area contributed by atoms with Crippen LogP contribution >= 0.6 is 27.5 Å². The third kappa shape index (κ3) is 1.93. The van der Waals surface area contributed by atoms with E-state index >= 15 is 0 Å². The van der Waals surface area contributed by atoms with E-state index in [2.05, 4.69) is 30.6 Å². The average molecular weight is 277 g/mol. The topological polar surface area (TPSA) is 38.9 Å². The van der Waals surface area contributed by atoms with Crippen LogP contribution in [-0.2, 0) is 0 Å². The number of rotatable bonds is 1. The van der Waals surface area contributed by atoms with Crippen molar-refractivity contribution in [3.63, 3.8) is 0 Å². The zero-order chi connectivity index (χ0) is 10.1. The average Bonchev–Trinajstić information content (AvgIpc) is 2.50. The van der Waals surface area contributed by atoms with Crippen LogP contribution in [0.3, 0.4) is 0 Å². The van der Waals surface area contributed by atoms with E-state index in [1.54, 1.807) is 6.07 Å². The standard InChI is InChI=1S/C8H3BrClFN2O/c9-5-1-4(2-6(11)3-5)7-12-8(10)14-13-7/h1-3H. The molecule has 0 N–H and O–H groups in total. The Morgan fingerprint density at radius 1 is 1.36 bits per heavy atom. The van der Waals surface area contributed by atoms with Crippen LogP contribution in [0.4, 0.5) is 4.39 Å². The van der Waals surface area contributed by atoms with Crippen molar-refractivity contribution < 1.29 is 8.91 Å². The molecule has 72 valence electrons. The quantitative estimate of drug-likeness (QED) is 0.803. The van der Waals surface area contributed by atoms with E-state index in [-0.39, 0.29) is 17.0 Å². The minimum Gasteiger partial charge on any atom is -0.321 e. The van der Waals surface area contributed by atoms with E-state index < -0.39 is 0 Å². The van der Waals surface area contributed by atoms with Gasteiger partial charge in [-0.15, -0.1) is 0 Å². The fourth-order valence-electron chi connectivity index (χ4n) is 1.01. The molecule has 0 spiro atoms. The van der Waals surface area contributed by atoms with Crippen molar-refractivity contribution in [2.24, 2.45) is 0 Å². The molecule has 0 unspecified atom stereocenters. The van der Waals surface area contributed by atoms with Gasteiger partial charge in [0.15, 0.2) is 0 Å². The smallest absolute Gasteiger partial charge is 0.320 e. The SMILES string of the molecule is Fc1cc(Br)cc(-c2noc(Cl)n2)c1. The molecule has 0 radical (unpaired) electrons. The van der Waals surface area contributed by atoms with Crippen LogP contribution in [0, 0.1) is 5.82 Å². The lowest BCUT2D eigenvalue weighted by atomic mass is 10.2. The molecule has 1 aromatic heterocycles. The van der Waals surface area contributed by atoms with E-state index in [4.69, 9.17) is 11.6 Å². The molecule has 0 aliphatic rings. The number of hydrogen-bond acceptors (Lipinski definition) is 3. The van der Waals surface area contributed by atoms with Gasteiger partial charge in [0.1, 0.15) is 5.82 Å². The fourth-order valence-corrected chi connectivity index (χ4v) is 1.59. The first-order chi connectivity index (χ1) is 6.65. The van der Waals surface area contributed by atoms with Gasteiger partial charge in [0, 0.05) is 10.0 Å². The summed E-state index contributed by atoms with van der Waals surface area (Å²) in [6.07, 6.45) is 0. The first-order valence-electron chi connectivity index (χ1n) is 3.61. The summed E-state index contributed by atoms with van der Waals surface area (Å²) in [4.78, 5) is 3.76. The van der Waals surface area contributed by atoms with Gasteiger partial charge in [-0.2, -0.15) is 4.98 Å². The van der Waals surface area contributed by atoms with E-state index in [9.17, 15) is 4.39 Å². The maximum absolute atomic E-state index is 13.0. The molecule has 3 nitrogen and oxygen atoms in total. The molecule has 0 amide bonds. The molecule has 1 aromatic carbocycles. The van der Waals surface area contributed by atoms with Crippen molar-refractivity contribution in [1.82, 2.24) is 10.1 Å². The van der Waals surface area contributed by atoms with Crippen LogP contribution in [0.1, 0.15) is 0 Å². The van der Waals surface area contributed by atoms with Crippen LogP contribution in [0.2, 0.25) is 5.35 Å². The molecule has 0 saturated carbocycles. The molecule has 0 atom stereocenters. The van der Waals surface area contributed by atoms with Crippen molar-refractivity contribution in [3.8, 4) is 11.4 Å². The predicted octanol–water partition coefficient (Wildman–Crippen LogP) is 3.29. The van der Waals surface area contributed by atoms with E-state index in [1.165, 1.54) is 12.1 Å². The second kappa shape index (κ2) is 3.67. The maximum atomic E-state index is 13.0. The third-order valence-corrected chi connectivity index (χ3v) is 2.13. The zero-order valence-electron chi connectivity index (χ0n) is 6.67. The molecule has 0 fully saturated rings. The molecular formula is C8H3BrClFN2O. The van der Waals surface area contributed by atoms with Crippen molar-refractivity contribution >= 4 is 27.5 Å². The summed E-state index contributed by atoms with van der Waals surface area (Å²) >= 11 is 8.60. The summed E-state index contributed by atoms with van der Waals surface area (Å²) < 4.78 is 18.1. The van der Waals surface area contributed by atoms with Crippen molar-refractivity contribution in [1.29, 1.82) is 0 Å². The number of hydrogen-bond donors (Lipinski definition) is 0. The summed E-state index contributed by atoms with van der Waals surface area (Å²) in [5, 5.41) is 3.49. The first-order valence-corrected chi connectivity index (χ1v) is 4.78. The molecule has 2 aromatic rings. The predicted molar refractivity (Wildman–Crippen MR) is 52.4 cm³/mol. The lowest BCUT2D eigenvalue weighted by molar-refractivity contribution is 0.421. The Morgan fingerprint density at radius 3 is 2.71 bits per heavy atom. The monoisotopic (exact) mass is 276 g/mol. The summed E-state index contributed by atoms with van der Waals surface area (Å²) in [5.74, 6) is -0.120. The van der Waals surface area contributed by atoms with Crippen LogP contribution in [0.5, 0.6) is 0 Å². The van der Waals surface area contributed by atoms with Crippen molar-refractivity contribution in [2.45, 2.75) is 0 Å². The number of aromatic nitrogens is 2. The molecule has 0 saturated heterocycles. The van der Waals surface area contributed by atoms with Gasteiger partial charge in [-0.25, -0.2) is 4.39 Å². The summed E-state index contributed by atoms with van der Waals surface area (Å²) in [5.41, 5.74) is 0.507. The Morgan fingerprint density at radius 2 is 2.14 bits per heavy atom. The molecule has 0 aliphatic carbocycles. The zero-order valence-corrected chi connectivity index (χ0v) is 9.01. The minimum absolute atomic E-state index is 0.0691. The molecule has 0 bridgehead atoms. The van der Waals surface area contributed by atoms with Crippen LogP contribution < -0.4 is 0 Å². The number of halogens is 3. The van der Waals surface area contributed by atoms with Gasteiger partial charge in [0.2, 0.25) is 5.82 Å². The Hall–Kier alpha value is -0.940. The normalized spacial score (nSPS) is 10.5. The molecule has 0 aliphatic heterocycles. The summed E-state index contributed by atoms with van der Waals surface area (Å²) in [6.45, 7) is 0. The van der Waals surface area contributed by atoms with Gasteiger partial charge in [0.25, 0.3) is 0 Å². The fraction of sp³-hybridized carbons (Fsp3) is 0. The first kappa shape index (κ1) is 9.61. The maximum Gasteiger partial charge on any atom is 0.320 e. The van der Waals surface area contributed by atoms with Crippen LogP contribution in [-0.4, -0.2) is 10.1 Å². The van der Waals surface area contributed by atoms with E-state index in [1.807, 2.05) is 0 Å². The van der Waals surface area contributed by atoms with Gasteiger partial charge in [-0.1, -0.05) is 21.1 Å². The summed E-state index contributed by atoms with van der Waals surface area (Å²) in [6, 6.07) is 4.31. The van der Waals surface area contributed by atoms with Gasteiger partial charge < -0.3 is 4.52 Å². The van der Waals surface area contributed by atoms with Crippen LogP contribution in [0.15, 0.2) is 27.2 Å². The third-order valence-electron chi connectivity index (χ3n) is 1.52. The second-order valence-electron chi connectivity index (χ2n) is 2.53. The number of nitrogens with zero attached hydrogens (tertiary/aromatic N) is 2. The Kier molecular flexibility index (Phi) is 2.52. The highest BCUT2D eigenvalue weighted by molar-refractivity contribution is 9.10. The Labute approximate surface area is 92.0 Å². The lowest BCUT2D eigenvalue weighted by Crippen LogP contribution is -1.83. The van der Waals surface area contributed by atoms with Crippen molar-refractivity contribution in [3.05, 3.63) is 33.8 Å². The molecule has 6 heteroatoms. The lowest BCUT2D eigenvalue weighted by Gasteiger charge is -1.96. The highest BCUT2D eigenvalue weighted by Crippen LogP contribution is 2.23. The minimum atomic E-state index is -0.379. The number of benzene rings is 1. The van der Waals surface area contributed by atoms with Crippen molar-refractivity contribution in [2.75, 3.05) is 0 Å². The summed E-state index contributed by atoms with van der Waals surface area (Å²) in [7, 11) is 0. The van der Waals surface area contributed by atoms with E-state index in [0.717, 1.165) is 0 Å². The van der Waals surface area contributed by atoms with Crippen LogP contribution in [0.25, 0.3) is 11.4 Å². The Balaban J connectivity index is 2.51. The van der Waals surface area contributed by atoms with Gasteiger partial charge in [0.05, 0.1) is 0 Å². The molecule has 1 heterocycles. The van der Waals surface area contributed by atoms with Gasteiger partial charge >= 0.3 is 5.35 Å². The van der Waals surface area contributed by atoms with E-state index in [0.29, 0.717) is 10.0 Å².